The molecule has 1 aliphatic rings. The number of anilines is 1. The first-order valence-corrected chi connectivity index (χ1v) is 9.92. The number of carbonyl (C=O) groups excluding carboxylic acids is 1. The largest absolute Gasteiger partial charge is 0.368 e. The van der Waals surface area contributed by atoms with Crippen LogP contribution in [0.1, 0.15) is 34.3 Å². The number of carbonyl (C=O) groups is 1. The van der Waals surface area contributed by atoms with E-state index in [1.54, 1.807) is 32.0 Å². The van der Waals surface area contributed by atoms with Crippen molar-refractivity contribution in [2.75, 3.05) is 31.1 Å². The third-order valence-electron chi connectivity index (χ3n) is 4.67. The van der Waals surface area contributed by atoms with Crippen LogP contribution < -0.4 is 4.90 Å². The molecule has 9 heteroatoms. The van der Waals surface area contributed by atoms with Gasteiger partial charge in [0.1, 0.15) is 16.7 Å². The summed E-state index contributed by atoms with van der Waals surface area (Å²) in [5.41, 5.74) is 1.98. The number of nitrogens with zero attached hydrogens (tertiary/aromatic N) is 4. The molecule has 1 aromatic carbocycles. The van der Waals surface area contributed by atoms with E-state index in [0.29, 0.717) is 35.6 Å². The third-order valence-corrected chi connectivity index (χ3v) is 6.81. The number of aryl methyl sites for hydroxylation is 2. The molecule has 0 N–H and O–H groups in total. The van der Waals surface area contributed by atoms with Crippen LogP contribution in [-0.2, 0) is 10.0 Å². The van der Waals surface area contributed by atoms with Crippen LogP contribution in [0, 0.1) is 25.2 Å². The van der Waals surface area contributed by atoms with Crippen LogP contribution in [0.2, 0.25) is 0 Å². The summed E-state index contributed by atoms with van der Waals surface area (Å²) in [5, 5.41) is 13.1. The predicted octanol–water partition coefficient (Wildman–Crippen LogP) is 1.88. The van der Waals surface area contributed by atoms with Gasteiger partial charge >= 0.3 is 0 Å². The number of benzene rings is 1. The highest BCUT2D eigenvalue weighted by molar-refractivity contribution is 7.89. The molecule has 142 valence electrons. The summed E-state index contributed by atoms with van der Waals surface area (Å²) in [7, 11) is -3.69. The average molecular weight is 388 g/mol. The quantitative estimate of drug-likeness (QED) is 0.736. The Labute approximate surface area is 158 Å². The van der Waals surface area contributed by atoms with E-state index in [1.807, 2.05) is 4.90 Å². The van der Waals surface area contributed by atoms with Gasteiger partial charge < -0.3 is 9.42 Å². The summed E-state index contributed by atoms with van der Waals surface area (Å²) in [6.07, 6.45) is 0. The molecule has 0 atom stereocenters. The lowest BCUT2D eigenvalue weighted by molar-refractivity contribution is 0.101. The van der Waals surface area contributed by atoms with Crippen molar-refractivity contribution >= 4 is 21.5 Å². The molecule has 1 aromatic heterocycles. The number of hydrogen-bond donors (Lipinski definition) is 0. The molecule has 0 bridgehead atoms. The van der Waals surface area contributed by atoms with Crippen LogP contribution in [-0.4, -0.2) is 49.8 Å². The summed E-state index contributed by atoms with van der Waals surface area (Å²) >= 11 is 0. The smallest absolute Gasteiger partial charge is 0.248 e. The molecule has 27 heavy (non-hydrogen) atoms. The highest BCUT2D eigenvalue weighted by atomic mass is 32.2. The molecule has 8 nitrogen and oxygen atoms in total. The normalized spacial score (nSPS) is 15.6. The van der Waals surface area contributed by atoms with Gasteiger partial charge in [-0.2, -0.15) is 9.57 Å². The first-order chi connectivity index (χ1) is 12.8. The summed E-state index contributed by atoms with van der Waals surface area (Å²) < 4.78 is 32.2. The first kappa shape index (κ1) is 19.1. The van der Waals surface area contributed by atoms with Crippen LogP contribution >= 0.6 is 0 Å². The zero-order valence-corrected chi connectivity index (χ0v) is 16.2. The summed E-state index contributed by atoms with van der Waals surface area (Å²) in [5.74, 6) is 0.191. The minimum atomic E-state index is -3.69. The standard InChI is InChI=1S/C18H20N4O4S/c1-12-18(14(3)26-20-12)27(24,25)22-8-6-21(7-9-22)17-10-15(13(2)23)4-5-16(17)11-19/h4-5,10H,6-9H2,1-3H3. The number of Topliss-reactive ketones (excluding diaryl/α,β-unsaturated/α-hetero) is 1. The Morgan fingerprint density at radius 2 is 1.89 bits per heavy atom. The fraction of sp³-hybridized carbons (Fsp3) is 0.389. The number of aromatic nitrogens is 1. The van der Waals surface area contributed by atoms with Crippen LogP contribution in [0.3, 0.4) is 0 Å². The molecule has 0 amide bonds. The van der Waals surface area contributed by atoms with E-state index in [2.05, 4.69) is 11.2 Å². The van der Waals surface area contributed by atoms with E-state index in [4.69, 9.17) is 4.52 Å². The van der Waals surface area contributed by atoms with E-state index in [0.717, 1.165) is 0 Å². The summed E-state index contributed by atoms with van der Waals surface area (Å²) in [4.78, 5) is 13.7. The van der Waals surface area contributed by atoms with Crippen LogP contribution in [0.4, 0.5) is 5.69 Å². The monoisotopic (exact) mass is 388 g/mol. The second-order valence-corrected chi connectivity index (χ2v) is 8.32. The number of nitriles is 1. The van der Waals surface area contributed by atoms with E-state index in [-0.39, 0.29) is 29.5 Å². The van der Waals surface area contributed by atoms with Gasteiger partial charge in [-0.05, 0) is 39.0 Å². The fourth-order valence-corrected chi connectivity index (χ4v) is 4.96. The SMILES string of the molecule is CC(=O)c1ccc(C#N)c(N2CCN(S(=O)(=O)c3c(C)noc3C)CC2)c1. The molecule has 1 aliphatic heterocycles. The maximum absolute atomic E-state index is 12.9. The molecule has 0 aliphatic carbocycles. The Morgan fingerprint density at radius 1 is 1.22 bits per heavy atom. The van der Waals surface area contributed by atoms with Crippen molar-refractivity contribution in [1.82, 2.24) is 9.46 Å². The molecule has 0 spiro atoms. The van der Waals surface area contributed by atoms with Gasteiger partial charge in [0, 0.05) is 31.7 Å². The van der Waals surface area contributed by atoms with E-state index >= 15 is 0 Å². The lowest BCUT2D eigenvalue weighted by atomic mass is 10.1. The average Bonchev–Trinajstić information content (AvgIpc) is 3.00. The molecule has 0 unspecified atom stereocenters. The van der Waals surface area contributed by atoms with Crippen molar-refractivity contribution < 1.29 is 17.7 Å². The van der Waals surface area contributed by atoms with E-state index in [1.165, 1.54) is 11.2 Å². The highest BCUT2D eigenvalue weighted by Crippen LogP contribution is 2.27. The van der Waals surface area contributed by atoms with Crippen molar-refractivity contribution in [2.45, 2.75) is 25.7 Å². The maximum Gasteiger partial charge on any atom is 0.248 e. The topological polar surface area (TPSA) is 108 Å². The molecule has 1 saturated heterocycles. The first-order valence-electron chi connectivity index (χ1n) is 8.48. The number of hydrogen-bond acceptors (Lipinski definition) is 7. The Balaban J connectivity index is 1.83. The van der Waals surface area contributed by atoms with Gasteiger partial charge in [-0.25, -0.2) is 8.42 Å². The van der Waals surface area contributed by atoms with Crippen LogP contribution in [0.25, 0.3) is 0 Å². The zero-order chi connectivity index (χ0) is 19.8. The van der Waals surface area contributed by atoms with E-state index in [9.17, 15) is 18.5 Å². The Kier molecular flexibility index (Phi) is 5.04. The second kappa shape index (κ2) is 7.13. The predicted molar refractivity (Wildman–Crippen MR) is 98.1 cm³/mol. The van der Waals surface area contributed by atoms with Gasteiger partial charge in [0.2, 0.25) is 10.0 Å². The number of piperazine rings is 1. The number of ketones is 1. The van der Waals surface area contributed by atoms with Crippen LogP contribution in [0.5, 0.6) is 0 Å². The van der Waals surface area contributed by atoms with Crippen molar-refractivity contribution in [1.29, 1.82) is 5.26 Å². The zero-order valence-electron chi connectivity index (χ0n) is 15.4. The second-order valence-electron chi connectivity index (χ2n) is 6.44. The molecule has 2 heterocycles. The number of rotatable bonds is 4. The van der Waals surface area contributed by atoms with Crippen LogP contribution in [0.15, 0.2) is 27.6 Å². The van der Waals surface area contributed by atoms with E-state index < -0.39 is 10.0 Å². The molecular formula is C18H20N4O4S. The molecule has 0 radical (unpaired) electrons. The summed E-state index contributed by atoms with van der Waals surface area (Å²) in [6.45, 7) is 6.02. The van der Waals surface area contributed by atoms with Gasteiger partial charge in [0.25, 0.3) is 0 Å². The van der Waals surface area contributed by atoms with Crippen molar-refractivity contribution in [3.8, 4) is 6.07 Å². The highest BCUT2D eigenvalue weighted by Gasteiger charge is 2.33. The molecule has 2 aromatic rings. The van der Waals surface area contributed by atoms with Gasteiger partial charge in [-0.3, -0.25) is 4.79 Å². The third kappa shape index (κ3) is 3.46. The van der Waals surface area contributed by atoms with Gasteiger partial charge in [-0.15, -0.1) is 0 Å². The van der Waals surface area contributed by atoms with Crippen molar-refractivity contribution in [3.63, 3.8) is 0 Å². The van der Waals surface area contributed by atoms with Gasteiger partial charge in [0.15, 0.2) is 11.5 Å². The Bertz CT molecular complexity index is 1010. The minimum absolute atomic E-state index is 0.0830. The lowest BCUT2D eigenvalue weighted by Gasteiger charge is -2.35. The Morgan fingerprint density at radius 3 is 2.41 bits per heavy atom. The fourth-order valence-electron chi connectivity index (χ4n) is 3.25. The van der Waals surface area contributed by atoms with Gasteiger partial charge in [-0.1, -0.05) is 5.16 Å². The lowest BCUT2D eigenvalue weighted by Crippen LogP contribution is -2.49. The summed E-state index contributed by atoms with van der Waals surface area (Å²) in [6, 6.07) is 7.08. The molecular weight excluding hydrogens is 368 g/mol. The minimum Gasteiger partial charge on any atom is -0.368 e. The molecule has 0 saturated carbocycles. The Hall–Kier alpha value is -2.70. The number of sulfonamides is 1. The van der Waals surface area contributed by atoms with Crippen molar-refractivity contribution in [2.24, 2.45) is 0 Å². The molecule has 1 fully saturated rings. The van der Waals surface area contributed by atoms with Crippen molar-refractivity contribution in [3.05, 3.63) is 40.8 Å². The maximum atomic E-state index is 12.9. The van der Waals surface area contributed by atoms with Gasteiger partial charge in [0.05, 0.1) is 11.3 Å². The molecule has 3 rings (SSSR count).